The highest BCUT2D eigenvalue weighted by atomic mass is 19.1. The zero-order chi connectivity index (χ0) is 16.4. The highest BCUT2D eigenvalue weighted by Gasteiger charge is 2.43. The second kappa shape index (κ2) is 6.46. The Labute approximate surface area is 133 Å². The van der Waals surface area contributed by atoms with Crippen molar-refractivity contribution in [2.45, 2.75) is 18.4 Å². The van der Waals surface area contributed by atoms with Gasteiger partial charge in [-0.05, 0) is 36.1 Å². The van der Waals surface area contributed by atoms with Gasteiger partial charge in [0, 0.05) is 18.0 Å². The molecular formula is C18H17F2NO2. The molecule has 0 heterocycles. The van der Waals surface area contributed by atoms with Gasteiger partial charge < -0.3 is 10.4 Å². The van der Waals surface area contributed by atoms with Crippen molar-refractivity contribution in [3.05, 3.63) is 71.3 Å². The first kappa shape index (κ1) is 15.6. The minimum absolute atomic E-state index is 0.0353. The molecule has 1 aliphatic rings. The Kier molecular flexibility index (Phi) is 4.39. The van der Waals surface area contributed by atoms with E-state index in [2.05, 4.69) is 5.32 Å². The molecule has 3 atom stereocenters. The highest BCUT2D eigenvalue weighted by Crippen LogP contribution is 2.47. The molecule has 1 fully saturated rings. The average molecular weight is 317 g/mol. The fourth-order valence-corrected chi connectivity index (χ4v) is 2.75. The molecule has 0 radical (unpaired) electrons. The van der Waals surface area contributed by atoms with Gasteiger partial charge in [-0.1, -0.05) is 30.3 Å². The zero-order valence-electron chi connectivity index (χ0n) is 12.4. The van der Waals surface area contributed by atoms with Gasteiger partial charge >= 0.3 is 0 Å². The van der Waals surface area contributed by atoms with Gasteiger partial charge in [-0.15, -0.1) is 0 Å². The van der Waals surface area contributed by atoms with Crippen molar-refractivity contribution in [3.63, 3.8) is 0 Å². The van der Waals surface area contributed by atoms with Crippen molar-refractivity contribution in [2.75, 3.05) is 6.54 Å². The maximum absolute atomic E-state index is 13.5. The Bertz CT molecular complexity index is 702. The van der Waals surface area contributed by atoms with Crippen molar-refractivity contribution in [1.29, 1.82) is 0 Å². The van der Waals surface area contributed by atoms with E-state index in [1.54, 1.807) is 24.3 Å². The van der Waals surface area contributed by atoms with E-state index < -0.39 is 11.9 Å². The van der Waals surface area contributed by atoms with Crippen LogP contribution in [0.25, 0.3) is 0 Å². The van der Waals surface area contributed by atoms with Crippen LogP contribution in [0.1, 0.15) is 29.6 Å². The van der Waals surface area contributed by atoms with Crippen molar-refractivity contribution in [1.82, 2.24) is 5.32 Å². The van der Waals surface area contributed by atoms with Crippen LogP contribution in [0.15, 0.2) is 48.5 Å². The first-order valence-electron chi connectivity index (χ1n) is 7.52. The number of hydrogen-bond acceptors (Lipinski definition) is 2. The summed E-state index contributed by atoms with van der Waals surface area (Å²) in [6.07, 6.45) is -0.379. The third-order valence-corrected chi connectivity index (χ3v) is 4.16. The molecule has 3 unspecified atom stereocenters. The van der Waals surface area contributed by atoms with E-state index >= 15 is 0 Å². The van der Waals surface area contributed by atoms with Crippen LogP contribution >= 0.6 is 0 Å². The lowest BCUT2D eigenvalue weighted by molar-refractivity contribution is -0.122. The van der Waals surface area contributed by atoms with Gasteiger partial charge in [-0.3, -0.25) is 4.79 Å². The number of aliphatic hydroxyl groups is 1. The summed E-state index contributed by atoms with van der Waals surface area (Å²) in [5.74, 6) is -1.06. The van der Waals surface area contributed by atoms with Gasteiger partial charge in [0.15, 0.2) is 0 Å². The minimum atomic E-state index is -1.08. The van der Waals surface area contributed by atoms with E-state index in [1.165, 1.54) is 24.3 Å². The summed E-state index contributed by atoms with van der Waals surface area (Å²) in [7, 11) is 0. The Morgan fingerprint density at radius 3 is 2.57 bits per heavy atom. The summed E-state index contributed by atoms with van der Waals surface area (Å²) in [6, 6.07) is 12.1. The number of carbonyl (C=O) groups is 1. The molecule has 0 spiro atoms. The molecule has 1 amide bonds. The average Bonchev–Trinajstić information content (AvgIpc) is 3.34. The fourth-order valence-electron chi connectivity index (χ4n) is 2.75. The van der Waals surface area contributed by atoms with Crippen LogP contribution in [0, 0.1) is 17.6 Å². The van der Waals surface area contributed by atoms with Crippen molar-refractivity contribution in [2.24, 2.45) is 5.92 Å². The fraction of sp³-hybridized carbons (Fsp3) is 0.278. The Balaban J connectivity index is 1.53. The first-order chi connectivity index (χ1) is 11.1. The molecule has 0 aromatic heterocycles. The molecule has 2 aromatic carbocycles. The van der Waals surface area contributed by atoms with Crippen LogP contribution in [0.4, 0.5) is 8.78 Å². The molecular weight excluding hydrogens is 300 g/mol. The highest BCUT2D eigenvalue weighted by molar-refractivity contribution is 5.82. The van der Waals surface area contributed by atoms with Gasteiger partial charge in [0.05, 0.1) is 6.10 Å². The number of benzene rings is 2. The van der Waals surface area contributed by atoms with Crippen molar-refractivity contribution in [3.8, 4) is 0 Å². The van der Waals surface area contributed by atoms with Crippen LogP contribution in [0.2, 0.25) is 0 Å². The number of hydrogen-bond donors (Lipinski definition) is 2. The first-order valence-corrected chi connectivity index (χ1v) is 7.52. The third-order valence-electron chi connectivity index (χ3n) is 4.16. The summed E-state index contributed by atoms with van der Waals surface area (Å²) in [4.78, 5) is 12.1. The molecule has 5 heteroatoms. The monoisotopic (exact) mass is 317 g/mol. The van der Waals surface area contributed by atoms with E-state index in [1.807, 2.05) is 0 Å². The summed E-state index contributed by atoms with van der Waals surface area (Å²) in [5.41, 5.74) is 1.10. The molecule has 2 aromatic rings. The zero-order valence-corrected chi connectivity index (χ0v) is 12.4. The van der Waals surface area contributed by atoms with Gasteiger partial charge in [-0.2, -0.15) is 0 Å². The molecule has 23 heavy (non-hydrogen) atoms. The topological polar surface area (TPSA) is 49.3 Å². The molecule has 2 N–H and O–H groups in total. The minimum Gasteiger partial charge on any atom is -0.386 e. The second-order valence-corrected chi connectivity index (χ2v) is 5.78. The van der Waals surface area contributed by atoms with Gasteiger partial charge in [0.1, 0.15) is 11.6 Å². The maximum atomic E-state index is 13.5. The molecule has 3 nitrogen and oxygen atoms in total. The smallest absolute Gasteiger partial charge is 0.223 e. The molecule has 0 saturated heterocycles. The van der Waals surface area contributed by atoms with E-state index in [0.29, 0.717) is 6.42 Å². The van der Waals surface area contributed by atoms with Gasteiger partial charge in [0.25, 0.3) is 0 Å². The van der Waals surface area contributed by atoms with Crippen LogP contribution < -0.4 is 5.32 Å². The van der Waals surface area contributed by atoms with E-state index in [-0.39, 0.29) is 35.7 Å². The summed E-state index contributed by atoms with van der Waals surface area (Å²) >= 11 is 0. The molecule has 3 rings (SSSR count). The van der Waals surface area contributed by atoms with Gasteiger partial charge in [-0.25, -0.2) is 8.78 Å². The predicted octanol–water partition coefficient (Wildman–Crippen LogP) is 2.92. The standard InChI is InChI=1S/C18H17F2NO2/c19-12-7-5-11(6-8-12)14-9-15(14)18(23)21-10-17(22)13-3-1-2-4-16(13)20/h1-8,14-15,17,22H,9-10H2,(H,21,23). The summed E-state index contributed by atoms with van der Waals surface area (Å²) in [5, 5.41) is 12.6. The lowest BCUT2D eigenvalue weighted by Crippen LogP contribution is -2.30. The van der Waals surface area contributed by atoms with Crippen molar-refractivity contribution < 1.29 is 18.7 Å². The normalized spacial score (nSPS) is 20.8. The lowest BCUT2D eigenvalue weighted by atomic mass is 10.1. The van der Waals surface area contributed by atoms with Crippen LogP contribution in [-0.4, -0.2) is 17.6 Å². The quantitative estimate of drug-likeness (QED) is 0.891. The Morgan fingerprint density at radius 1 is 1.17 bits per heavy atom. The van der Waals surface area contributed by atoms with Crippen molar-refractivity contribution >= 4 is 5.91 Å². The Hall–Kier alpha value is -2.27. The Morgan fingerprint density at radius 2 is 1.87 bits per heavy atom. The predicted molar refractivity (Wildman–Crippen MR) is 81.6 cm³/mol. The van der Waals surface area contributed by atoms with Crippen LogP contribution in [0.5, 0.6) is 0 Å². The SMILES string of the molecule is O=C(NCC(O)c1ccccc1F)C1CC1c1ccc(F)cc1. The molecule has 0 aliphatic heterocycles. The molecule has 0 bridgehead atoms. The molecule has 1 aliphatic carbocycles. The van der Waals surface area contributed by atoms with E-state index in [4.69, 9.17) is 0 Å². The van der Waals surface area contributed by atoms with E-state index in [9.17, 15) is 18.7 Å². The second-order valence-electron chi connectivity index (χ2n) is 5.78. The summed E-state index contributed by atoms with van der Waals surface area (Å²) in [6.45, 7) is -0.0353. The number of amides is 1. The number of nitrogens with one attached hydrogen (secondary N) is 1. The van der Waals surface area contributed by atoms with E-state index in [0.717, 1.165) is 5.56 Å². The van der Waals surface area contributed by atoms with Crippen LogP contribution in [0.3, 0.4) is 0 Å². The summed E-state index contributed by atoms with van der Waals surface area (Å²) < 4.78 is 26.4. The van der Waals surface area contributed by atoms with Crippen LogP contribution in [-0.2, 0) is 4.79 Å². The third kappa shape index (κ3) is 3.56. The largest absolute Gasteiger partial charge is 0.386 e. The number of carbonyl (C=O) groups excluding carboxylic acids is 1. The maximum Gasteiger partial charge on any atom is 0.223 e. The van der Waals surface area contributed by atoms with Gasteiger partial charge in [0.2, 0.25) is 5.91 Å². The lowest BCUT2D eigenvalue weighted by Gasteiger charge is -2.13. The number of rotatable bonds is 5. The number of halogens is 2. The molecule has 120 valence electrons. The molecule has 1 saturated carbocycles. The number of aliphatic hydroxyl groups excluding tert-OH is 1.